The molecule has 0 fully saturated rings. The van der Waals surface area contributed by atoms with Crippen LogP contribution in [0.25, 0.3) is 0 Å². The highest BCUT2D eigenvalue weighted by Gasteiger charge is 2.22. The normalized spacial score (nSPS) is 12.3. The standard InChI is InChI=1S/C24H24N4O2/c1-27(2)22-13-11-20(12-14-22)25-23(29)17-7-9-21(10-8-17)26-24(30)28-15-18-5-3-4-6-19(18)16-28/h3-14H,15-16H2,1-2H3,(H,25,29)(H,26,30). The molecule has 6 nitrogen and oxygen atoms in total. The van der Waals surface area contributed by atoms with Gasteiger partial charge < -0.3 is 20.4 Å². The molecule has 0 saturated carbocycles. The van der Waals surface area contributed by atoms with Crippen LogP contribution >= 0.6 is 0 Å². The van der Waals surface area contributed by atoms with Crippen molar-refractivity contribution in [1.29, 1.82) is 0 Å². The number of amides is 3. The van der Waals surface area contributed by atoms with Crippen molar-refractivity contribution in [3.8, 4) is 0 Å². The molecule has 152 valence electrons. The van der Waals surface area contributed by atoms with Crippen molar-refractivity contribution in [3.05, 3.63) is 89.5 Å². The topological polar surface area (TPSA) is 64.7 Å². The summed E-state index contributed by atoms with van der Waals surface area (Å²) in [6.07, 6.45) is 0. The minimum atomic E-state index is -0.194. The number of nitrogens with zero attached hydrogens (tertiary/aromatic N) is 2. The maximum Gasteiger partial charge on any atom is 0.322 e. The van der Waals surface area contributed by atoms with Crippen LogP contribution in [0.5, 0.6) is 0 Å². The quantitative estimate of drug-likeness (QED) is 0.675. The fraction of sp³-hybridized carbons (Fsp3) is 0.167. The number of anilines is 3. The van der Waals surface area contributed by atoms with Gasteiger partial charge in [0.05, 0.1) is 0 Å². The zero-order valence-electron chi connectivity index (χ0n) is 17.1. The molecule has 4 rings (SSSR count). The summed E-state index contributed by atoms with van der Waals surface area (Å²) in [5.41, 5.74) is 5.34. The van der Waals surface area contributed by atoms with E-state index < -0.39 is 0 Å². The van der Waals surface area contributed by atoms with E-state index in [-0.39, 0.29) is 11.9 Å². The average Bonchev–Trinajstić information content (AvgIpc) is 3.19. The van der Waals surface area contributed by atoms with E-state index in [1.807, 2.05) is 67.5 Å². The van der Waals surface area contributed by atoms with E-state index in [2.05, 4.69) is 10.6 Å². The molecular formula is C24H24N4O2. The zero-order chi connectivity index (χ0) is 21.1. The highest BCUT2D eigenvalue weighted by molar-refractivity contribution is 6.04. The molecule has 1 heterocycles. The molecule has 0 radical (unpaired) electrons. The first-order valence-corrected chi connectivity index (χ1v) is 9.81. The van der Waals surface area contributed by atoms with Gasteiger partial charge in [-0.05, 0) is 59.7 Å². The summed E-state index contributed by atoms with van der Waals surface area (Å²) in [7, 11) is 3.94. The Kier molecular flexibility index (Phi) is 5.39. The first kappa shape index (κ1) is 19.5. The molecule has 30 heavy (non-hydrogen) atoms. The minimum absolute atomic E-state index is 0.149. The molecule has 1 aliphatic rings. The summed E-state index contributed by atoms with van der Waals surface area (Å²) >= 11 is 0. The van der Waals surface area contributed by atoms with Crippen LogP contribution in [0.2, 0.25) is 0 Å². The number of rotatable bonds is 4. The molecule has 0 unspecified atom stereocenters. The van der Waals surface area contributed by atoms with E-state index in [0.29, 0.717) is 24.3 Å². The number of urea groups is 1. The predicted molar refractivity (Wildman–Crippen MR) is 120 cm³/mol. The van der Waals surface area contributed by atoms with Crippen LogP contribution in [0, 0.1) is 0 Å². The first-order chi connectivity index (χ1) is 14.5. The van der Waals surface area contributed by atoms with Gasteiger partial charge in [0.1, 0.15) is 0 Å². The molecule has 0 atom stereocenters. The molecule has 0 aliphatic carbocycles. The highest BCUT2D eigenvalue weighted by atomic mass is 16.2. The van der Waals surface area contributed by atoms with Crippen LogP contribution in [0.3, 0.4) is 0 Å². The Labute approximate surface area is 176 Å². The minimum Gasteiger partial charge on any atom is -0.378 e. The van der Waals surface area contributed by atoms with Gasteiger partial charge in [-0.15, -0.1) is 0 Å². The second-order valence-corrected chi connectivity index (χ2v) is 7.53. The Hall–Kier alpha value is -3.80. The molecule has 3 aromatic carbocycles. The predicted octanol–water partition coefficient (Wildman–Crippen LogP) is 4.55. The van der Waals surface area contributed by atoms with Crippen molar-refractivity contribution in [3.63, 3.8) is 0 Å². The molecule has 1 aliphatic heterocycles. The van der Waals surface area contributed by atoms with Crippen LogP contribution in [0.1, 0.15) is 21.5 Å². The number of hydrogen-bond donors (Lipinski definition) is 2. The van der Waals surface area contributed by atoms with Gasteiger partial charge in [0, 0.05) is 49.8 Å². The molecular weight excluding hydrogens is 376 g/mol. The van der Waals surface area contributed by atoms with Crippen molar-refractivity contribution in [1.82, 2.24) is 4.90 Å². The first-order valence-electron chi connectivity index (χ1n) is 9.81. The summed E-state index contributed by atoms with van der Waals surface area (Å²) in [6, 6.07) is 22.5. The second kappa shape index (κ2) is 8.29. The Morgan fingerprint density at radius 3 is 1.87 bits per heavy atom. The molecule has 0 bridgehead atoms. The zero-order valence-corrected chi connectivity index (χ0v) is 17.1. The van der Waals surface area contributed by atoms with Crippen LogP contribution in [0.4, 0.5) is 21.9 Å². The number of hydrogen-bond acceptors (Lipinski definition) is 3. The summed E-state index contributed by atoms with van der Waals surface area (Å²) in [5, 5.41) is 5.79. The number of carbonyl (C=O) groups is 2. The van der Waals surface area contributed by atoms with Gasteiger partial charge in [-0.3, -0.25) is 4.79 Å². The van der Waals surface area contributed by atoms with E-state index in [9.17, 15) is 9.59 Å². The molecule has 3 amide bonds. The SMILES string of the molecule is CN(C)c1ccc(NC(=O)c2ccc(NC(=O)N3Cc4ccccc4C3)cc2)cc1. The van der Waals surface area contributed by atoms with Crippen molar-refractivity contribution in [2.75, 3.05) is 29.6 Å². The van der Waals surface area contributed by atoms with E-state index in [1.165, 1.54) is 11.1 Å². The Bertz CT molecular complexity index is 1030. The number of carbonyl (C=O) groups excluding carboxylic acids is 2. The van der Waals surface area contributed by atoms with Crippen molar-refractivity contribution in [2.24, 2.45) is 0 Å². The van der Waals surface area contributed by atoms with Gasteiger partial charge in [0.15, 0.2) is 0 Å². The smallest absolute Gasteiger partial charge is 0.322 e. The van der Waals surface area contributed by atoms with Gasteiger partial charge in [0.25, 0.3) is 5.91 Å². The van der Waals surface area contributed by atoms with Crippen LogP contribution < -0.4 is 15.5 Å². The summed E-state index contributed by atoms with van der Waals surface area (Å²) in [6.45, 7) is 1.21. The van der Waals surface area contributed by atoms with Crippen molar-refractivity contribution < 1.29 is 9.59 Å². The lowest BCUT2D eigenvalue weighted by molar-refractivity contribution is 0.102. The van der Waals surface area contributed by atoms with Crippen molar-refractivity contribution in [2.45, 2.75) is 13.1 Å². The fourth-order valence-electron chi connectivity index (χ4n) is 3.43. The molecule has 2 N–H and O–H groups in total. The monoisotopic (exact) mass is 400 g/mol. The van der Waals surface area contributed by atoms with Crippen LogP contribution in [-0.2, 0) is 13.1 Å². The van der Waals surface area contributed by atoms with Gasteiger partial charge in [-0.2, -0.15) is 0 Å². The number of benzene rings is 3. The molecule has 3 aromatic rings. The average molecular weight is 400 g/mol. The van der Waals surface area contributed by atoms with E-state index in [0.717, 1.165) is 11.4 Å². The van der Waals surface area contributed by atoms with Gasteiger partial charge in [-0.1, -0.05) is 24.3 Å². The molecule has 6 heteroatoms. The third-order valence-corrected chi connectivity index (χ3v) is 5.17. The van der Waals surface area contributed by atoms with Gasteiger partial charge >= 0.3 is 6.03 Å². The van der Waals surface area contributed by atoms with E-state index in [4.69, 9.17) is 0 Å². The fourth-order valence-corrected chi connectivity index (χ4v) is 3.43. The van der Waals surface area contributed by atoms with Crippen LogP contribution in [0.15, 0.2) is 72.8 Å². The second-order valence-electron chi connectivity index (χ2n) is 7.53. The largest absolute Gasteiger partial charge is 0.378 e. The lowest BCUT2D eigenvalue weighted by Crippen LogP contribution is -2.30. The third-order valence-electron chi connectivity index (χ3n) is 5.17. The molecule has 0 aromatic heterocycles. The lowest BCUT2D eigenvalue weighted by Gasteiger charge is -2.16. The van der Waals surface area contributed by atoms with Gasteiger partial charge in [0.2, 0.25) is 0 Å². The Morgan fingerprint density at radius 2 is 1.30 bits per heavy atom. The Morgan fingerprint density at radius 1 is 0.767 bits per heavy atom. The molecule has 0 saturated heterocycles. The lowest BCUT2D eigenvalue weighted by atomic mass is 10.1. The Balaban J connectivity index is 1.34. The number of nitrogens with one attached hydrogen (secondary N) is 2. The maximum atomic E-state index is 12.6. The van der Waals surface area contributed by atoms with E-state index in [1.54, 1.807) is 29.2 Å². The van der Waals surface area contributed by atoms with Crippen molar-refractivity contribution >= 4 is 29.0 Å². The summed E-state index contributed by atoms with van der Waals surface area (Å²) < 4.78 is 0. The highest BCUT2D eigenvalue weighted by Crippen LogP contribution is 2.23. The maximum absolute atomic E-state index is 12.6. The third kappa shape index (κ3) is 4.27. The summed E-state index contributed by atoms with van der Waals surface area (Å²) in [4.78, 5) is 28.8. The number of fused-ring (bicyclic) bond motifs is 1. The summed E-state index contributed by atoms with van der Waals surface area (Å²) in [5.74, 6) is -0.194. The molecule has 0 spiro atoms. The van der Waals surface area contributed by atoms with Crippen LogP contribution in [-0.4, -0.2) is 30.9 Å². The van der Waals surface area contributed by atoms with E-state index >= 15 is 0 Å². The van der Waals surface area contributed by atoms with Gasteiger partial charge in [-0.25, -0.2) is 4.79 Å².